The van der Waals surface area contributed by atoms with E-state index in [2.05, 4.69) is 4.72 Å². The molecule has 0 unspecified atom stereocenters. The van der Waals surface area contributed by atoms with Gasteiger partial charge in [-0.2, -0.15) is 0 Å². The molecule has 0 fully saturated rings. The van der Waals surface area contributed by atoms with Gasteiger partial charge in [0.1, 0.15) is 0 Å². The van der Waals surface area contributed by atoms with Gasteiger partial charge in [-0.1, -0.05) is 38.5 Å². The van der Waals surface area contributed by atoms with Crippen LogP contribution in [0.15, 0.2) is 35.2 Å². The number of carbonyl (C=O) groups is 1. The van der Waals surface area contributed by atoms with Crippen LogP contribution in [0.25, 0.3) is 0 Å². The molecule has 0 aliphatic carbocycles. The number of hydrogen-bond donors (Lipinski definition) is 1. The summed E-state index contributed by atoms with van der Waals surface area (Å²) in [7, 11) is -3.83. The first kappa shape index (κ1) is 14.7. The average molecular weight is 270 g/mol. The van der Waals surface area contributed by atoms with Crippen LogP contribution in [0, 0.1) is 5.92 Å². The SMILES string of the molecule is CC[C@@H](C)[C@@H](NS(=O)(=O)c1ccccc1)C(=O)[O-]. The highest BCUT2D eigenvalue weighted by atomic mass is 32.2. The summed E-state index contributed by atoms with van der Waals surface area (Å²) in [5, 5.41) is 11.0. The summed E-state index contributed by atoms with van der Waals surface area (Å²) in [5.74, 6) is -1.75. The minimum atomic E-state index is -3.83. The molecule has 0 amide bonds. The van der Waals surface area contributed by atoms with Crippen molar-refractivity contribution in [1.82, 2.24) is 4.72 Å². The second kappa shape index (κ2) is 5.97. The van der Waals surface area contributed by atoms with Crippen molar-refractivity contribution >= 4 is 16.0 Å². The Kier molecular flexibility index (Phi) is 4.86. The van der Waals surface area contributed by atoms with E-state index < -0.39 is 22.0 Å². The Morgan fingerprint density at radius 1 is 1.33 bits per heavy atom. The third-order valence-electron chi connectivity index (χ3n) is 2.80. The molecule has 100 valence electrons. The summed E-state index contributed by atoms with van der Waals surface area (Å²) >= 11 is 0. The van der Waals surface area contributed by atoms with E-state index in [1.165, 1.54) is 12.1 Å². The first-order valence-electron chi connectivity index (χ1n) is 5.66. The second-order valence-corrected chi connectivity index (χ2v) is 5.83. The molecule has 0 bridgehead atoms. The molecule has 0 saturated carbocycles. The lowest BCUT2D eigenvalue weighted by Gasteiger charge is -2.24. The molecule has 0 saturated heterocycles. The number of carboxylic acids is 1. The standard InChI is InChI=1S/C12H17NO4S/c1-3-9(2)11(12(14)15)13-18(16,17)10-7-5-4-6-8-10/h4-9,11,13H,3H2,1-2H3,(H,14,15)/p-1/t9-,11-/m1/s1. The lowest BCUT2D eigenvalue weighted by molar-refractivity contribution is -0.309. The molecule has 0 aromatic heterocycles. The molecular weight excluding hydrogens is 254 g/mol. The first-order valence-corrected chi connectivity index (χ1v) is 7.15. The van der Waals surface area contributed by atoms with Crippen LogP contribution < -0.4 is 9.83 Å². The Morgan fingerprint density at radius 3 is 2.33 bits per heavy atom. The van der Waals surface area contributed by atoms with E-state index in [0.29, 0.717) is 6.42 Å². The summed E-state index contributed by atoms with van der Waals surface area (Å²) in [6.07, 6.45) is 0.538. The molecule has 1 rings (SSSR count). The van der Waals surface area contributed by atoms with Gasteiger partial charge >= 0.3 is 0 Å². The molecule has 1 aromatic rings. The van der Waals surface area contributed by atoms with Crippen molar-refractivity contribution in [2.24, 2.45) is 5.92 Å². The van der Waals surface area contributed by atoms with E-state index in [-0.39, 0.29) is 10.8 Å². The minimum Gasteiger partial charge on any atom is -0.548 e. The summed E-state index contributed by atoms with van der Waals surface area (Å²) in [4.78, 5) is 11.0. The van der Waals surface area contributed by atoms with Gasteiger partial charge in [0.15, 0.2) is 0 Å². The van der Waals surface area contributed by atoms with E-state index in [1.807, 2.05) is 0 Å². The second-order valence-electron chi connectivity index (χ2n) is 4.12. The van der Waals surface area contributed by atoms with Crippen LogP contribution in [0.1, 0.15) is 20.3 Å². The summed E-state index contributed by atoms with van der Waals surface area (Å²) in [5.41, 5.74) is 0. The van der Waals surface area contributed by atoms with Gasteiger partial charge in [-0.05, 0) is 18.1 Å². The monoisotopic (exact) mass is 270 g/mol. The van der Waals surface area contributed by atoms with Gasteiger partial charge in [0.2, 0.25) is 10.0 Å². The predicted octanol–water partition coefficient (Wildman–Crippen LogP) is 0.130. The zero-order valence-corrected chi connectivity index (χ0v) is 11.1. The number of aliphatic carboxylic acids is 1. The maximum atomic E-state index is 12.0. The van der Waals surface area contributed by atoms with Crippen LogP contribution in [-0.4, -0.2) is 20.4 Å². The maximum absolute atomic E-state index is 12.0. The van der Waals surface area contributed by atoms with Crippen molar-refractivity contribution in [1.29, 1.82) is 0 Å². The van der Waals surface area contributed by atoms with Crippen LogP contribution in [0.4, 0.5) is 0 Å². The van der Waals surface area contributed by atoms with Crippen molar-refractivity contribution < 1.29 is 18.3 Å². The molecule has 1 N–H and O–H groups in total. The quantitative estimate of drug-likeness (QED) is 0.796. The van der Waals surface area contributed by atoms with Gasteiger partial charge in [0.05, 0.1) is 16.9 Å². The van der Waals surface area contributed by atoms with Crippen molar-refractivity contribution in [3.8, 4) is 0 Å². The third-order valence-corrected chi connectivity index (χ3v) is 4.26. The van der Waals surface area contributed by atoms with Gasteiger partial charge in [-0.25, -0.2) is 13.1 Å². The first-order chi connectivity index (χ1) is 8.38. The molecule has 0 heterocycles. The van der Waals surface area contributed by atoms with Crippen LogP contribution in [-0.2, 0) is 14.8 Å². The fourth-order valence-electron chi connectivity index (χ4n) is 1.47. The smallest absolute Gasteiger partial charge is 0.241 e. The van der Waals surface area contributed by atoms with E-state index in [1.54, 1.807) is 32.0 Å². The van der Waals surface area contributed by atoms with Gasteiger partial charge in [-0.15, -0.1) is 0 Å². The van der Waals surface area contributed by atoms with Crippen molar-refractivity contribution in [2.45, 2.75) is 31.2 Å². The lowest BCUT2D eigenvalue weighted by Crippen LogP contribution is -2.51. The van der Waals surface area contributed by atoms with E-state index in [9.17, 15) is 18.3 Å². The van der Waals surface area contributed by atoms with Gasteiger partial charge < -0.3 is 9.90 Å². The Balaban J connectivity index is 2.97. The molecule has 0 radical (unpaired) electrons. The van der Waals surface area contributed by atoms with Crippen molar-refractivity contribution in [2.75, 3.05) is 0 Å². The molecule has 0 aliphatic rings. The van der Waals surface area contributed by atoms with Gasteiger partial charge in [0, 0.05) is 0 Å². The molecule has 0 aliphatic heterocycles. The maximum Gasteiger partial charge on any atom is 0.241 e. The Hall–Kier alpha value is -1.40. The number of carboxylic acid groups (broad SMARTS) is 1. The molecule has 1 aromatic carbocycles. The topological polar surface area (TPSA) is 86.3 Å². The highest BCUT2D eigenvalue weighted by Gasteiger charge is 2.24. The zero-order valence-electron chi connectivity index (χ0n) is 10.3. The van der Waals surface area contributed by atoms with E-state index in [0.717, 1.165) is 0 Å². The third kappa shape index (κ3) is 3.54. The molecule has 2 atom stereocenters. The van der Waals surface area contributed by atoms with Crippen molar-refractivity contribution in [3.05, 3.63) is 30.3 Å². The number of carbonyl (C=O) groups excluding carboxylic acids is 1. The highest BCUT2D eigenvalue weighted by molar-refractivity contribution is 7.89. The Morgan fingerprint density at radius 2 is 1.89 bits per heavy atom. The van der Waals surface area contributed by atoms with Crippen molar-refractivity contribution in [3.63, 3.8) is 0 Å². The Labute approximate surface area is 107 Å². The highest BCUT2D eigenvalue weighted by Crippen LogP contribution is 2.13. The zero-order chi connectivity index (χ0) is 13.8. The normalized spacial score (nSPS) is 15.0. The number of nitrogens with one attached hydrogen (secondary N) is 1. The van der Waals surface area contributed by atoms with Crippen LogP contribution in [0.3, 0.4) is 0 Å². The fourth-order valence-corrected chi connectivity index (χ4v) is 2.78. The van der Waals surface area contributed by atoms with E-state index >= 15 is 0 Å². The van der Waals surface area contributed by atoms with Gasteiger partial charge in [0.25, 0.3) is 0 Å². The van der Waals surface area contributed by atoms with Crippen LogP contribution in [0.5, 0.6) is 0 Å². The number of rotatable bonds is 6. The lowest BCUT2D eigenvalue weighted by atomic mass is 10.0. The van der Waals surface area contributed by atoms with Gasteiger partial charge in [-0.3, -0.25) is 0 Å². The number of hydrogen-bond acceptors (Lipinski definition) is 4. The molecule has 6 heteroatoms. The van der Waals surface area contributed by atoms with Crippen LogP contribution in [0.2, 0.25) is 0 Å². The fraction of sp³-hybridized carbons (Fsp3) is 0.417. The molecular formula is C12H16NO4S-. The van der Waals surface area contributed by atoms with Crippen LogP contribution >= 0.6 is 0 Å². The van der Waals surface area contributed by atoms with E-state index in [4.69, 9.17) is 0 Å². The Bertz CT molecular complexity index is 498. The number of benzene rings is 1. The average Bonchev–Trinajstić information content (AvgIpc) is 2.36. The predicted molar refractivity (Wildman–Crippen MR) is 65.0 cm³/mol. The molecule has 0 spiro atoms. The number of sulfonamides is 1. The molecule has 5 nitrogen and oxygen atoms in total. The summed E-state index contributed by atoms with van der Waals surface area (Å²) < 4.78 is 26.1. The summed E-state index contributed by atoms with van der Waals surface area (Å²) in [6.45, 7) is 3.45. The summed E-state index contributed by atoms with van der Waals surface area (Å²) in [6, 6.07) is 6.43. The largest absolute Gasteiger partial charge is 0.548 e. The minimum absolute atomic E-state index is 0.0413. The molecule has 18 heavy (non-hydrogen) atoms.